The topological polar surface area (TPSA) is 69.2 Å². The number of nitrogens with one attached hydrogen (secondary N) is 1. The molecule has 0 fully saturated rings. The SMILES string of the molecule is COc1ccc(C2C(C#N)=C([S-])NC(C)(O)C2[n+]2ccccc2)cc1. The zero-order valence-corrected chi connectivity index (χ0v) is 14.8. The highest BCUT2D eigenvalue weighted by Crippen LogP contribution is 2.42. The molecule has 3 unspecified atom stereocenters. The van der Waals surface area contributed by atoms with E-state index in [0.717, 1.165) is 11.3 Å². The second-order valence-electron chi connectivity index (χ2n) is 6.15. The Kier molecular flexibility index (Phi) is 4.62. The fourth-order valence-corrected chi connectivity index (χ4v) is 3.71. The summed E-state index contributed by atoms with van der Waals surface area (Å²) < 4.78 is 7.12. The predicted molar refractivity (Wildman–Crippen MR) is 95.2 cm³/mol. The summed E-state index contributed by atoms with van der Waals surface area (Å²) in [5, 5.41) is 23.9. The molecule has 0 saturated carbocycles. The van der Waals surface area contributed by atoms with Crippen LogP contribution in [0.15, 0.2) is 65.5 Å². The third kappa shape index (κ3) is 3.16. The van der Waals surface area contributed by atoms with Gasteiger partial charge in [0.1, 0.15) is 5.75 Å². The zero-order valence-electron chi connectivity index (χ0n) is 14.0. The van der Waals surface area contributed by atoms with Crippen LogP contribution >= 0.6 is 0 Å². The van der Waals surface area contributed by atoms with E-state index >= 15 is 0 Å². The second kappa shape index (κ2) is 6.71. The van der Waals surface area contributed by atoms with Gasteiger partial charge in [-0.15, -0.1) is 0 Å². The van der Waals surface area contributed by atoms with E-state index in [9.17, 15) is 10.4 Å². The summed E-state index contributed by atoms with van der Waals surface area (Å²) in [5.74, 6) is 0.349. The number of ether oxygens (including phenoxy) is 1. The fourth-order valence-electron chi connectivity index (χ4n) is 3.34. The van der Waals surface area contributed by atoms with Gasteiger partial charge in [0.2, 0.25) is 6.04 Å². The molecule has 128 valence electrons. The fraction of sp³-hybridized carbons (Fsp3) is 0.263. The molecule has 3 atom stereocenters. The summed E-state index contributed by atoms with van der Waals surface area (Å²) in [7, 11) is 1.61. The van der Waals surface area contributed by atoms with E-state index in [1.165, 1.54) is 0 Å². The number of benzene rings is 1. The van der Waals surface area contributed by atoms with Crippen LogP contribution in [-0.2, 0) is 12.6 Å². The average molecular weight is 353 g/mol. The first-order valence-electron chi connectivity index (χ1n) is 7.89. The van der Waals surface area contributed by atoms with Crippen LogP contribution in [-0.4, -0.2) is 17.9 Å². The van der Waals surface area contributed by atoms with E-state index in [0.29, 0.717) is 5.57 Å². The van der Waals surface area contributed by atoms with Crippen molar-refractivity contribution in [2.24, 2.45) is 0 Å². The van der Waals surface area contributed by atoms with E-state index in [4.69, 9.17) is 17.4 Å². The molecule has 0 aliphatic carbocycles. The minimum Gasteiger partial charge on any atom is -0.762 e. The molecule has 3 rings (SSSR count). The maximum absolute atomic E-state index is 11.0. The summed E-state index contributed by atoms with van der Waals surface area (Å²) in [4.78, 5) is 0. The van der Waals surface area contributed by atoms with Gasteiger partial charge in [0.15, 0.2) is 18.1 Å². The highest BCUT2D eigenvalue weighted by molar-refractivity contribution is 7.63. The number of nitrogens with zero attached hydrogens (tertiary/aromatic N) is 2. The van der Waals surface area contributed by atoms with Crippen molar-refractivity contribution in [3.8, 4) is 11.8 Å². The average Bonchev–Trinajstić information content (AvgIpc) is 2.61. The lowest BCUT2D eigenvalue weighted by atomic mass is 9.78. The maximum atomic E-state index is 11.0. The number of allylic oxidation sites excluding steroid dienone is 1. The molecular weight excluding hydrogens is 334 g/mol. The molecule has 0 saturated heterocycles. The summed E-state index contributed by atoms with van der Waals surface area (Å²) in [6.07, 6.45) is 3.75. The largest absolute Gasteiger partial charge is 0.762 e. The number of aliphatic hydroxyl groups is 1. The van der Waals surface area contributed by atoms with Crippen molar-refractivity contribution in [1.29, 1.82) is 5.26 Å². The zero-order chi connectivity index (χ0) is 18.0. The lowest BCUT2D eigenvalue weighted by molar-refractivity contribution is -0.741. The quantitative estimate of drug-likeness (QED) is 0.652. The first-order chi connectivity index (χ1) is 12.0. The lowest BCUT2D eigenvalue weighted by Gasteiger charge is -2.43. The third-order valence-corrected chi connectivity index (χ3v) is 4.79. The predicted octanol–water partition coefficient (Wildman–Crippen LogP) is 1.90. The molecule has 0 bridgehead atoms. The van der Waals surface area contributed by atoms with Crippen LogP contribution in [0.4, 0.5) is 0 Å². The van der Waals surface area contributed by atoms with Crippen LogP contribution in [0.25, 0.3) is 0 Å². The number of methoxy groups -OCH3 is 1. The van der Waals surface area contributed by atoms with Crippen molar-refractivity contribution in [2.75, 3.05) is 7.11 Å². The Morgan fingerprint density at radius 3 is 2.44 bits per heavy atom. The molecule has 1 aromatic carbocycles. The summed E-state index contributed by atoms with van der Waals surface area (Å²) in [6.45, 7) is 1.68. The van der Waals surface area contributed by atoms with Crippen molar-refractivity contribution in [2.45, 2.75) is 24.6 Å². The Bertz CT molecular complexity index is 826. The minimum absolute atomic E-state index is 0.279. The normalized spacial score (nSPS) is 25.8. The molecule has 1 aliphatic heterocycles. The molecule has 0 amide bonds. The van der Waals surface area contributed by atoms with Crippen LogP contribution in [0.5, 0.6) is 5.75 Å². The number of hydrogen-bond acceptors (Lipinski definition) is 5. The number of pyridine rings is 1. The monoisotopic (exact) mass is 353 g/mol. The van der Waals surface area contributed by atoms with Gasteiger partial charge in [0.25, 0.3) is 0 Å². The Hall–Kier alpha value is -2.62. The lowest BCUT2D eigenvalue weighted by Crippen LogP contribution is -2.63. The number of nitriles is 1. The van der Waals surface area contributed by atoms with Crippen molar-refractivity contribution >= 4 is 12.6 Å². The van der Waals surface area contributed by atoms with Gasteiger partial charge >= 0.3 is 0 Å². The molecule has 1 aliphatic rings. The van der Waals surface area contributed by atoms with Gasteiger partial charge in [-0.25, -0.2) is 0 Å². The molecule has 2 N–H and O–H groups in total. The summed E-state index contributed by atoms with van der Waals surface area (Å²) in [5.41, 5.74) is 0.0181. The van der Waals surface area contributed by atoms with E-state index in [1.54, 1.807) is 14.0 Å². The first kappa shape index (κ1) is 17.2. The van der Waals surface area contributed by atoms with Gasteiger partial charge in [-0.1, -0.05) is 23.2 Å². The van der Waals surface area contributed by atoms with Gasteiger partial charge in [-0.3, -0.25) is 0 Å². The third-order valence-electron chi connectivity index (χ3n) is 4.47. The van der Waals surface area contributed by atoms with Gasteiger partial charge < -0.3 is 27.8 Å². The smallest absolute Gasteiger partial charge is 0.216 e. The molecule has 25 heavy (non-hydrogen) atoms. The molecule has 0 spiro atoms. The first-order valence-corrected chi connectivity index (χ1v) is 8.30. The van der Waals surface area contributed by atoms with E-state index in [1.807, 2.05) is 59.4 Å². The molecule has 5 nitrogen and oxygen atoms in total. The standard InChI is InChI=1S/C19H19N3O2S/c1-19(23)17(22-10-4-3-5-11-22)16(15(12-20)18(25)21-19)13-6-8-14(24-2)9-7-13/h3-11,16-17,21,23H,1-2H3. The Balaban J connectivity index is 2.19. The highest BCUT2D eigenvalue weighted by atomic mass is 32.1. The van der Waals surface area contributed by atoms with Gasteiger partial charge in [0, 0.05) is 17.7 Å². The molecular formula is C19H19N3O2S. The Morgan fingerprint density at radius 2 is 1.88 bits per heavy atom. The van der Waals surface area contributed by atoms with Crippen molar-refractivity contribution < 1.29 is 14.4 Å². The van der Waals surface area contributed by atoms with E-state index in [-0.39, 0.29) is 10.9 Å². The van der Waals surface area contributed by atoms with Crippen molar-refractivity contribution in [3.63, 3.8) is 0 Å². The van der Waals surface area contributed by atoms with Gasteiger partial charge in [-0.2, -0.15) is 9.83 Å². The number of rotatable bonds is 3. The Morgan fingerprint density at radius 1 is 1.24 bits per heavy atom. The van der Waals surface area contributed by atoms with E-state index in [2.05, 4.69) is 11.4 Å². The van der Waals surface area contributed by atoms with Crippen LogP contribution in [0, 0.1) is 11.3 Å². The van der Waals surface area contributed by atoms with Crippen molar-refractivity contribution in [3.05, 3.63) is 71.0 Å². The molecule has 2 aromatic rings. The molecule has 2 heterocycles. The van der Waals surface area contributed by atoms with Crippen molar-refractivity contribution in [1.82, 2.24) is 5.32 Å². The van der Waals surface area contributed by atoms with Crippen LogP contribution in [0.1, 0.15) is 24.4 Å². The van der Waals surface area contributed by atoms with Gasteiger partial charge in [-0.05, 0) is 24.6 Å². The molecule has 1 aromatic heterocycles. The van der Waals surface area contributed by atoms with Crippen LogP contribution in [0.3, 0.4) is 0 Å². The Labute approximate surface area is 152 Å². The molecule has 6 heteroatoms. The molecule has 0 radical (unpaired) electrons. The maximum Gasteiger partial charge on any atom is 0.216 e. The number of aromatic nitrogens is 1. The van der Waals surface area contributed by atoms with Gasteiger partial charge in [0.05, 0.1) is 19.1 Å². The van der Waals surface area contributed by atoms with Crippen LogP contribution in [0.2, 0.25) is 0 Å². The van der Waals surface area contributed by atoms with Crippen LogP contribution < -0.4 is 14.6 Å². The summed E-state index contributed by atoms with van der Waals surface area (Å²) >= 11 is 5.34. The summed E-state index contributed by atoms with van der Waals surface area (Å²) in [6, 6.07) is 15.0. The highest BCUT2D eigenvalue weighted by Gasteiger charge is 2.50. The van der Waals surface area contributed by atoms with E-state index < -0.39 is 11.8 Å². The number of hydrogen-bond donors (Lipinski definition) is 2. The second-order valence-corrected chi connectivity index (χ2v) is 6.55. The minimum atomic E-state index is -1.31.